The molecule has 0 saturated carbocycles. The summed E-state index contributed by atoms with van der Waals surface area (Å²) in [5.41, 5.74) is 2.04. The number of thioether (sulfide) groups is 1. The Kier molecular flexibility index (Phi) is 3.19. The van der Waals surface area contributed by atoms with Crippen LogP contribution in [0.25, 0.3) is 10.9 Å². The van der Waals surface area contributed by atoms with E-state index in [1.807, 2.05) is 18.3 Å². The van der Waals surface area contributed by atoms with Crippen molar-refractivity contribution in [2.75, 3.05) is 11.1 Å². The molecule has 0 saturated heterocycles. The Hall–Kier alpha value is -1.55. The third-order valence-electron chi connectivity index (χ3n) is 3.06. The van der Waals surface area contributed by atoms with Crippen molar-refractivity contribution < 1.29 is 0 Å². The van der Waals surface area contributed by atoms with Crippen molar-refractivity contribution >= 4 is 33.5 Å². The highest BCUT2D eigenvalue weighted by Gasteiger charge is 2.17. The molecule has 1 atom stereocenters. The first-order valence-electron chi connectivity index (χ1n) is 6.18. The van der Waals surface area contributed by atoms with Gasteiger partial charge in [-0.15, -0.1) is 0 Å². The maximum absolute atomic E-state index is 4.65. The molecule has 3 nitrogen and oxygen atoms in total. The van der Waals surface area contributed by atoms with E-state index in [0.29, 0.717) is 6.04 Å². The van der Waals surface area contributed by atoms with E-state index in [1.54, 1.807) is 11.8 Å². The third kappa shape index (κ3) is 2.20. The molecule has 2 heterocycles. The van der Waals surface area contributed by atoms with Crippen molar-refractivity contribution in [2.45, 2.75) is 19.4 Å². The quantitative estimate of drug-likeness (QED) is 0.894. The fraction of sp³-hybridized carbons (Fsp3) is 0.286. The van der Waals surface area contributed by atoms with Crippen LogP contribution in [-0.4, -0.2) is 21.9 Å². The molecule has 1 N–H and O–H groups in total. The summed E-state index contributed by atoms with van der Waals surface area (Å²) in [5.74, 6) is 1.08. The van der Waals surface area contributed by atoms with E-state index in [1.165, 1.54) is 0 Å². The molecule has 1 aromatic heterocycles. The molecule has 4 heteroatoms. The summed E-state index contributed by atoms with van der Waals surface area (Å²) >= 11 is 1.79. The van der Waals surface area contributed by atoms with E-state index in [2.05, 4.69) is 40.4 Å². The van der Waals surface area contributed by atoms with Gasteiger partial charge in [-0.2, -0.15) is 0 Å². The summed E-state index contributed by atoms with van der Waals surface area (Å²) in [7, 11) is 0. The van der Waals surface area contributed by atoms with Gasteiger partial charge in [0.2, 0.25) is 0 Å². The molecular formula is C14H15N3S. The van der Waals surface area contributed by atoms with E-state index >= 15 is 0 Å². The SMILES string of the molecule is CCC1CSC(Nc2cccc3cccnc23)=N1. The van der Waals surface area contributed by atoms with Gasteiger partial charge in [0, 0.05) is 17.3 Å². The fourth-order valence-corrected chi connectivity index (χ4v) is 3.08. The summed E-state index contributed by atoms with van der Waals surface area (Å²) in [4.78, 5) is 9.08. The standard InChI is InChI=1S/C14H15N3S/c1-2-11-9-18-14(16-11)17-12-7-3-5-10-6-4-8-15-13(10)12/h3-8,11H,2,9H2,1H3,(H,16,17). The number of para-hydroxylation sites is 1. The Morgan fingerprint density at radius 1 is 1.33 bits per heavy atom. The molecule has 1 aliphatic rings. The lowest BCUT2D eigenvalue weighted by molar-refractivity contribution is 0.738. The van der Waals surface area contributed by atoms with E-state index < -0.39 is 0 Å². The minimum atomic E-state index is 0.459. The Labute approximate surface area is 111 Å². The normalized spacial score (nSPS) is 18.9. The van der Waals surface area contributed by atoms with Crippen molar-refractivity contribution in [1.82, 2.24) is 4.98 Å². The Bertz CT molecular complexity index is 589. The first-order valence-corrected chi connectivity index (χ1v) is 7.16. The third-order valence-corrected chi connectivity index (χ3v) is 4.09. The Morgan fingerprint density at radius 3 is 3.06 bits per heavy atom. The van der Waals surface area contributed by atoms with Crippen molar-refractivity contribution in [1.29, 1.82) is 0 Å². The number of benzene rings is 1. The van der Waals surface area contributed by atoms with E-state index in [9.17, 15) is 0 Å². The van der Waals surface area contributed by atoms with Crippen LogP contribution in [0.5, 0.6) is 0 Å². The second-order valence-corrected chi connectivity index (χ2v) is 5.32. The number of nitrogens with zero attached hydrogens (tertiary/aromatic N) is 2. The van der Waals surface area contributed by atoms with Crippen LogP contribution in [0.2, 0.25) is 0 Å². The minimum absolute atomic E-state index is 0.459. The average Bonchev–Trinajstić information content (AvgIpc) is 2.87. The van der Waals surface area contributed by atoms with Crippen molar-refractivity contribution in [3.63, 3.8) is 0 Å². The van der Waals surface area contributed by atoms with Gasteiger partial charge in [-0.05, 0) is 18.6 Å². The van der Waals surface area contributed by atoms with Crippen molar-refractivity contribution in [3.8, 4) is 0 Å². The number of hydrogen-bond donors (Lipinski definition) is 1. The lowest BCUT2D eigenvalue weighted by atomic mass is 10.2. The zero-order chi connectivity index (χ0) is 12.4. The number of aromatic nitrogens is 1. The van der Waals surface area contributed by atoms with Crippen LogP contribution in [0.4, 0.5) is 5.69 Å². The highest BCUT2D eigenvalue weighted by molar-refractivity contribution is 8.14. The molecule has 2 aromatic rings. The molecule has 3 rings (SSSR count). The topological polar surface area (TPSA) is 37.3 Å². The summed E-state index contributed by atoms with van der Waals surface area (Å²) in [6.45, 7) is 2.18. The zero-order valence-electron chi connectivity index (χ0n) is 10.3. The second-order valence-electron chi connectivity index (χ2n) is 4.31. The van der Waals surface area contributed by atoms with Gasteiger partial charge in [0.25, 0.3) is 0 Å². The fourth-order valence-electron chi connectivity index (χ4n) is 2.01. The Morgan fingerprint density at radius 2 is 2.22 bits per heavy atom. The Balaban J connectivity index is 1.91. The molecule has 1 aromatic carbocycles. The predicted octanol–water partition coefficient (Wildman–Crippen LogP) is 3.53. The van der Waals surface area contributed by atoms with Gasteiger partial charge in [-0.25, -0.2) is 0 Å². The number of nitrogens with one attached hydrogen (secondary N) is 1. The van der Waals surface area contributed by atoms with Crippen LogP contribution in [0, 0.1) is 0 Å². The van der Waals surface area contributed by atoms with Crippen LogP contribution >= 0.6 is 11.8 Å². The zero-order valence-corrected chi connectivity index (χ0v) is 11.1. The molecule has 0 aliphatic carbocycles. The molecular weight excluding hydrogens is 242 g/mol. The number of fused-ring (bicyclic) bond motifs is 1. The average molecular weight is 257 g/mol. The van der Waals surface area contributed by atoms with Crippen LogP contribution in [0.15, 0.2) is 41.5 Å². The molecule has 0 spiro atoms. The largest absolute Gasteiger partial charge is 0.333 e. The van der Waals surface area contributed by atoms with Gasteiger partial charge in [-0.3, -0.25) is 9.98 Å². The maximum Gasteiger partial charge on any atom is 0.161 e. The van der Waals surface area contributed by atoms with Crippen LogP contribution in [0.1, 0.15) is 13.3 Å². The van der Waals surface area contributed by atoms with Gasteiger partial charge in [0.05, 0.1) is 17.2 Å². The number of rotatable bonds is 2. The molecule has 18 heavy (non-hydrogen) atoms. The van der Waals surface area contributed by atoms with Gasteiger partial charge in [0.1, 0.15) is 0 Å². The van der Waals surface area contributed by atoms with Gasteiger partial charge in [-0.1, -0.05) is 36.9 Å². The maximum atomic E-state index is 4.65. The smallest absolute Gasteiger partial charge is 0.161 e. The minimum Gasteiger partial charge on any atom is -0.333 e. The molecule has 0 fully saturated rings. The molecule has 92 valence electrons. The molecule has 0 radical (unpaired) electrons. The van der Waals surface area contributed by atoms with E-state index in [-0.39, 0.29) is 0 Å². The van der Waals surface area contributed by atoms with Gasteiger partial charge in [0.15, 0.2) is 5.17 Å². The highest BCUT2D eigenvalue weighted by atomic mass is 32.2. The van der Waals surface area contributed by atoms with Gasteiger partial charge < -0.3 is 5.32 Å². The molecule has 1 unspecified atom stereocenters. The first kappa shape index (κ1) is 11.5. The summed E-state index contributed by atoms with van der Waals surface area (Å²) < 4.78 is 0. The monoisotopic (exact) mass is 257 g/mol. The van der Waals surface area contributed by atoms with E-state index in [4.69, 9.17) is 0 Å². The summed E-state index contributed by atoms with van der Waals surface area (Å²) in [6, 6.07) is 10.7. The number of aliphatic imine (C=N–C) groups is 1. The second kappa shape index (κ2) is 4.98. The first-order chi connectivity index (χ1) is 8.86. The lowest BCUT2D eigenvalue weighted by Crippen LogP contribution is -2.06. The summed E-state index contributed by atoms with van der Waals surface area (Å²) in [6.07, 6.45) is 2.93. The van der Waals surface area contributed by atoms with Crippen LogP contribution in [0.3, 0.4) is 0 Å². The molecule has 1 aliphatic heterocycles. The molecule has 0 bridgehead atoms. The van der Waals surface area contributed by atoms with E-state index in [0.717, 1.165) is 33.9 Å². The summed E-state index contributed by atoms with van der Waals surface area (Å²) in [5, 5.41) is 5.56. The van der Waals surface area contributed by atoms with Crippen molar-refractivity contribution in [3.05, 3.63) is 36.5 Å². The van der Waals surface area contributed by atoms with Gasteiger partial charge >= 0.3 is 0 Å². The number of hydrogen-bond acceptors (Lipinski definition) is 4. The number of amidine groups is 1. The highest BCUT2D eigenvalue weighted by Crippen LogP contribution is 2.25. The number of anilines is 1. The van der Waals surface area contributed by atoms with Crippen LogP contribution in [-0.2, 0) is 0 Å². The van der Waals surface area contributed by atoms with Crippen molar-refractivity contribution in [2.24, 2.45) is 4.99 Å². The molecule has 0 amide bonds. The number of pyridine rings is 1. The predicted molar refractivity (Wildman–Crippen MR) is 79.3 cm³/mol. The van der Waals surface area contributed by atoms with Crippen LogP contribution < -0.4 is 5.32 Å². The lowest BCUT2D eigenvalue weighted by Gasteiger charge is -2.07.